The van der Waals surface area contributed by atoms with E-state index >= 15 is 0 Å². The minimum Gasteiger partial charge on any atom is -0.498 e. The van der Waals surface area contributed by atoms with Gasteiger partial charge >= 0.3 is 19.1 Å². The van der Waals surface area contributed by atoms with Crippen LogP contribution in [0.15, 0.2) is 28.7 Å². The second kappa shape index (κ2) is 5.81. The summed E-state index contributed by atoms with van der Waals surface area (Å²) in [5.41, 5.74) is 1.17. The quantitative estimate of drug-likeness (QED) is 0.761. The molecular formula is C14H15BBrNO4. The molecule has 0 aromatic heterocycles. The molecule has 0 radical (unpaired) electrons. The van der Waals surface area contributed by atoms with Gasteiger partial charge in [0.1, 0.15) is 0 Å². The number of carbonyl (C=O) groups excluding carboxylic acids is 2. The normalized spacial score (nSPS) is 26.7. The zero-order chi connectivity index (χ0) is 15.0. The first kappa shape index (κ1) is 14.6. The van der Waals surface area contributed by atoms with E-state index in [0.717, 1.165) is 10.9 Å². The van der Waals surface area contributed by atoms with Crippen LogP contribution in [-0.4, -0.2) is 44.1 Å². The van der Waals surface area contributed by atoms with E-state index in [0.29, 0.717) is 0 Å². The summed E-state index contributed by atoms with van der Waals surface area (Å²) in [4.78, 5) is 25.0. The molecule has 1 heterocycles. The van der Waals surface area contributed by atoms with Crippen LogP contribution < -0.4 is 0 Å². The molecule has 1 aliphatic carbocycles. The Kier molecular flexibility index (Phi) is 4.04. The highest BCUT2D eigenvalue weighted by molar-refractivity contribution is 9.10. The Hall–Kier alpha value is -1.34. The lowest BCUT2D eigenvalue weighted by molar-refractivity contribution is -0.145. The van der Waals surface area contributed by atoms with Crippen LogP contribution in [0.1, 0.15) is 17.9 Å². The molecule has 1 aromatic rings. The number of hydrogen-bond donors (Lipinski definition) is 0. The maximum absolute atomic E-state index is 11.7. The summed E-state index contributed by atoms with van der Waals surface area (Å²) in [6.45, 7) is 0.222. The highest BCUT2D eigenvalue weighted by Gasteiger charge is 2.54. The van der Waals surface area contributed by atoms with Crippen molar-refractivity contribution in [1.29, 1.82) is 0 Å². The van der Waals surface area contributed by atoms with Crippen molar-refractivity contribution in [3.63, 3.8) is 0 Å². The molecule has 2 atom stereocenters. The lowest BCUT2D eigenvalue weighted by atomic mass is 9.79. The maximum atomic E-state index is 11.7. The number of rotatable bonds is 2. The molecular weight excluding hydrogens is 337 g/mol. The minimum absolute atomic E-state index is 0.0515. The van der Waals surface area contributed by atoms with Crippen LogP contribution >= 0.6 is 15.9 Å². The van der Waals surface area contributed by atoms with Crippen LogP contribution in [0.2, 0.25) is 5.82 Å². The SMILES string of the molecule is CN1CC(=O)OB([C@@H]2C[C@H]2c2cccc(Br)c2)OC(=O)C1. The monoisotopic (exact) mass is 351 g/mol. The van der Waals surface area contributed by atoms with Gasteiger partial charge in [0.15, 0.2) is 0 Å². The first-order valence-corrected chi connectivity index (χ1v) is 7.65. The fourth-order valence-corrected chi connectivity index (χ4v) is 3.08. The molecule has 1 saturated carbocycles. The molecule has 21 heavy (non-hydrogen) atoms. The van der Waals surface area contributed by atoms with Gasteiger partial charge in [-0.1, -0.05) is 28.1 Å². The van der Waals surface area contributed by atoms with Gasteiger partial charge in [0, 0.05) is 10.3 Å². The van der Waals surface area contributed by atoms with E-state index in [1.807, 2.05) is 24.3 Å². The van der Waals surface area contributed by atoms with Crippen LogP contribution in [0.4, 0.5) is 0 Å². The molecule has 0 unspecified atom stereocenters. The van der Waals surface area contributed by atoms with Gasteiger partial charge < -0.3 is 9.31 Å². The van der Waals surface area contributed by atoms with Gasteiger partial charge in [0.05, 0.1) is 13.1 Å². The molecule has 110 valence electrons. The number of benzene rings is 1. The lowest BCUT2D eigenvalue weighted by Crippen LogP contribution is -2.42. The smallest absolute Gasteiger partial charge is 0.498 e. The minimum atomic E-state index is -0.761. The number of halogens is 1. The first-order chi connectivity index (χ1) is 10.0. The summed E-state index contributed by atoms with van der Waals surface area (Å²) < 4.78 is 11.6. The van der Waals surface area contributed by atoms with Crippen LogP contribution in [0.5, 0.6) is 0 Å². The Morgan fingerprint density at radius 1 is 1.24 bits per heavy atom. The van der Waals surface area contributed by atoms with E-state index in [-0.39, 0.29) is 36.8 Å². The summed E-state index contributed by atoms with van der Waals surface area (Å²) in [7, 11) is 0.923. The van der Waals surface area contributed by atoms with Gasteiger partial charge in [0.2, 0.25) is 0 Å². The van der Waals surface area contributed by atoms with Crippen LogP contribution in [0.3, 0.4) is 0 Å². The Balaban J connectivity index is 1.69. The Bertz CT molecular complexity index is 562. The standard InChI is InChI=1S/C14H15BBrNO4/c1-17-7-13(18)20-15(21-14(19)8-17)12-6-11(12)9-3-2-4-10(16)5-9/h2-5,11-12H,6-8H2,1H3/t11-,12+/m0/s1. The third-order valence-electron chi connectivity index (χ3n) is 3.76. The molecule has 5 nitrogen and oxygen atoms in total. The fourth-order valence-electron chi connectivity index (χ4n) is 2.67. The van der Waals surface area contributed by atoms with E-state index < -0.39 is 7.12 Å². The van der Waals surface area contributed by atoms with Gasteiger partial charge in [-0.15, -0.1) is 0 Å². The Morgan fingerprint density at radius 3 is 2.52 bits per heavy atom. The van der Waals surface area contributed by atoms with Crippen molar-refractivity contribution in [1.82, 2.24) is 4.90 Å². The third-order valence-corrected chi connectivity index (χ3v) is 4.25. The predicted octanol–water partition coefficient (Wildman–Crippen LogP) is 1.83. The number of carbonyl (C=O) groups is 2. The van der Waals surface area contributed by atoms with Gasteiger partial charge in [-0.3, -0.25) is 14.5 Å². The van der Waals surface area contributed by atoms with Crippen LogP contribution in [0, 0.1) is 0 Å². The molecule has 0 amide bonds. The van der Waals surface area contributed by atoms with Crippen molar-refractivity contribution in [3.8, 4) is 0 Å². The molecule has 2 fully saturated rings. The van der Waals surface area contributed by atoms with E-state index in [4.69, 9.17) is 9.31 Å². The van der Waals surface area contributed by atoms with Gasteiger partial charge in [-0.25, -0.2) is 0 Å². The first-order valence-electron chi connectivity index (χ1n) is 6.86. The van der Waals surface area contributed by atoms with E-state index in [1.165, 1.54) is 5.56 Å². The van der Waals surface area contributed by atoms with E-state index in [2.05, 4.69) is 15.9 Å². The van der Waals surface area contributed by atoms with Crippen molar-refractivity contribution in [2.24, 2.45) is 0 Å². The molecule has 0 spiro atoms. The number of nitrogens with zero attached hydrogens (tertiary/aromatic N) is 1. The molecule has 0 N–H and O–H groups in total. The summed E-state index contributed by atoms with van der Waals surface area (Å²) in [5, 5.41) is 0. The molecule has 1 aromatic carbocycles. The highest BCUT2D eigenvalue weighted by atomic mass is 79.9. The molecule has 1 saturated heterocycles. The van der Waals surface area contributed by atoms with Crippen molar-refractivity contribution >= 4 is 35.0 Å². The number of hydrogen-bond acceptors (Lipinski definition) is 5. The zero-order valence-electron chi connectivity index (χ0n) is 11.6. The summed E-state index contributed by atoms with van der Waals surface area (Å²) in [5.74, 6) is -0.384. The highest BCUT2D eigenvalue weighted by Crippen LogP contribution is 2.55. The largest absolute Gasteiger partial charge is 0.602 e. The summed E-state index contributed by atoms with van der Waals surface area (Å²) >= 11 is 3.45. The second-order valence-electron chi connectivity index (χ2n) is 5.58. The van der Waals surface area contributed by atoms with Gasteiger partial charge in [0.25, 0.3) is 0 Å². The molecule has 7 heteroatoms. The van der Waals surface area contributed by atoms with Gasteiger partial charge in [-0.2, -0.15) is 0 Å². The average Bonchev–Trinajstić information content (AvgIpc) is 3.16. The Morgan fingerprint density at radius 2 is 1.90 bits per heavy atom. The Labute approximate surface area is 131 Å². The van der Waals surface area contributed by atoms with Crippen molar-refractivity contribution < 1.29 is 18.9 Å². The van der Waals surface area contributed by atoms with Gasteiger partial charge in [-0.05, 0) is 37.1 Å². The molecule has 0 bridgehead atoms. The molecule has 2 aliphatic rings. The van der Waals surface area contributed by atoms with E-state index in [9.17, 15) is 9.59 Å². The average molecular weight is 352 g/mol. The zero-order valence-corrected chi connectivity index (χ0v) is 13.2. The van der Waals surface area contributed by atoms with Crippen molar-refractivity contribution in [2.75, 3.05) is 20.1 Å². The predicted molar refractivity (Wildman–Crippen MR) is 80.7 cm³/mol. The summed E-state index contributed by atoms with van der Waals surface area (Å²) in [6, 6.07) is 8.02. The topological polar surface area (TPSA) is 55.8 Å². The third kappa shape index (κ3) is 3.47. The van der Waals surface area contributed by atoms with E-state index in [1.54, 1.807) is 11.9 Å². The number of likely N-dealkylation sites (N-methyl/N-ethyl adjacent to an activating group) is 1. The van der Waals surface area contributed by atoms with Crippen LogP contribution in [0.25, 0.3) is 0 Å². The second-order valence-corrected chi connectivity index (χ2v) is 6.50. The maximum Gasteiger partial charge on any atom is 0.602 e. The fraction of sp³-hybridized carbons (Fsp3) is 0.429. The summed E-state index contributed by atoms with van der Waals surface area (Å²) in [6.07, 6.45) is 0.859. The van der Waals surface area contributed by atoms with Crippen molar-refractivity contribution in [3.05, 3.63) is 34.3 Å². The molecule has 1 aliphatic heterocycles. The lowest BCUT2D eigenvalue weighted by Gasteiger charge is -2.22. The van der Waals surface area contributed by atoms with Crippen molar-refractivity contribution in [2.45, 2.75) is 18.2 Å². The molecule has 3 rings (SSSR count). The van der Waals surface area contributed by atoms with Crippen LogP contribution in [-0.2, 0) is 18.9 Å².